The minimum Gasteiger partial charge on any atom is -0.147 e. The summed E-state index contributed by atoms with van der Waals surface area (Å²) >= 11 is -1.85. The summed E-state index contributed by atoms with van der Waals surface area (Å²) in [6.45, 7) is 17.9. The SMILES string of the molecule is CC1=CC[C]([Ti]([O]c2cc(C)cc(C(C)(C)C)c2)=[C](C)C)=C1C.Cl.Cl. The van der Waals surface area contributed by atoms with Crippen molar-refractivity contribution in [1.29, 1.82) is 0 Å². The third-order valence-electron chi connectivity index (χ3n) is 4.52. The molecule has 0 bridgehead atoms. The topological polar surface area (TPSA) is 9.23 Å². The maximum atomic E-state index is 6.63. The molecule has 1 aliphatic rings. The number of hydrogen-bond acceptors (Lipinski definition) is 1. The standard InChI is InChI=1S/C11H16O.C7H9.C3H6.2ClH.Ti/c1-8-5-9(11(2,3)4)7-10(12)6-8;1-6-4-3-5-7(6)2;1-3-2;;;/h5-7,12H,1-4H3;4H,3H2,1-2H3;1-2H3;2*1H;/q;;;;;+1/p-1. The fraction of sp³-hybridized carbons (Fsp3) is 0.476. The van der Waals surface area contributed by atoms with E-state index in [1.54, 1.807) is 3.88 Å². The Morgan fingerprint density at radius 2 is 1.60 bits per heavy atom. The van der Waals surface area contributed by atoms with Crippen molar-refractivity contribution < 1.29 is 21.1 Å². The van der Waals surface area contributed by atoms with E-state index in [1.165, 1.54) is 26.1 Å². The summed E-state index contributed by atoms with van der Waals surface area (Å²) in [5.41, 5.74) is 5.67. The Morgan fingerprint density at radius 1 is 1.00 bits per heavy atom. The van der Waals surface area contributed by atoms with Gasteiger partial charge >= 0.3 is 148 Å². The number of rotatable bonds is 3. The molecule has 0 spiro atoms. The van der Waals surface area contributed by atoms with Crippen LogP contribution in [0.2, 0.25) is 0 Å². The van der Waals surface area contributed by atoms with E-state index in [0.29, 0.717) is 0 Å². The van der Waals surface area contributed by atoms with E-state index >= 15 is 0 Å². The molecule has 140 valence electrons. The molecular weight excluding hydrogens is 387 g/mol. The van der Waals surface area contributed by atoms with Crippen LogP contribution in [-0.4, -0.2) is 3.81 Å². The molecule has 0 fully saturated rings. The van der Waals surface area contributed by atoms with Gasteiger partial charge in [0.25, 0.3) is 0 Å². The second kappa shape index (κ2) is 9.56. The van der Waals surface area contributed by atoms with Crippen molar-refractivity contribution in [1.82, 2.24) is 0 Å². The van der Waals surface area contributed by atoms with Gasteiger partial charge in [0.2, 0.25) is 0 Å². The zero-order valence-corrected chi connectivity index (χ0v) is 19.9. The molecule has 0 atom stereocenters. The van der Waals surface area contributed by atoms with Crippen LogP contribution >= 0.6 is 24.8 Å². The van der Waals surface area contributed by atoms with Crippen molar-refractivity contribution in [2.75, 3.05) is 0 Å². The summed E-state index contributed by atoms with van der Waals surface area (Å²) in [7, 11) is 0. The van der Waals surface area contributed by atoms with Gasteiger partial charge in [-0.15, -0.1) is 24.8 Å². The summed E-state index contributed by atoms with van der Waals surface area (Å²) in [6, 6.07) is 6.71. The van der Waals surface area contributed by atoms with Crippen molar-refractivity contribution in [2.45, 2.75) is 67.2 Å². The molecule has 1 nitrogen and oxygen atoms in total. The first-order valence-corrected chi connectivity index (χ1v) is 10.6. The summed E-state index contributed by atoms with van der Waals surface area (Å²) in [5, 5.41) is 0. The van der Waals surface area contributed by atoms with E-state index in [4.69, 9.17) is 3.32 Å². The van der Waals surface area contributed by atoms with Gasteiger partial charge in [0.05, 0.1) is 0 Å². The number of benzene rings is 1. The predicted molar refractivity (Wildman–Crippen MR) is 112 cm³/mol. The predicted octanol–water partition coefficient (Wildman–Crippen LogP) is 6.88. The van der Waals surface area contributed by atoms with Gasteiger partial charge in [-0.3, -0.25) is 0 Å². The average molecular weight is 419 g/mol. The van der Waals surface area contributed by atoms with Crippen LogP contribution in [0.3, 0.4) is 0 Å². The average Bonchev–Trinajstić information content (AvgIpc) is 2.74. The monoisotopic (exact) mass is 418 g/mol. The maximum absolute atomic E-state index is 6.63. The third kappa shape index (κ3) is 6.10. The molecule has 0 radical (unpaired) electrons. The Labute approximate surface area is 172 Å². The minimum atomic E-state index is -1.85. The molecule has 0 heterocycles. The van der Waals surface area contributed by atoms with Crippen molar-refractivity contribution in [2.24, 2.45) is 0 Å². The van der Waals surface area contributed by atoms with Crippen molar-refractivity contribution >= 4 is 28.6 Å². The van der Waals surface area contributed by atoms with Crippen LogP contribution in [0.15, 0.2) is 39.3 Å². The van der Waals surface area contributed by atoms with Gasteiger partial charge in [-0.1, -0.05) is 0 Å². The van der Waals surface area contributed by atoms with Crippen molar-refractivity contribution in [3.8, 4) is 5.75 Å². The van der Waals surface area contributed by atoms with Crippen LogP contribution in [0.5, 0.6) is 5.75 Å². The van der Waals surface area contributed by atoms with Gasteiger partial charge < -0.3 is 0 Å². The van der Waals surface area contributed by atoms with Crippen LogP contribution in [0.4, 0.5) is 0 Å². The van der Waals surface area contributed by atoms with Gasteiger partial charge in [-0.25, -0.2) is 0 Å². The van der Waals surface area contributed by atoms with Crippen LogP contribution < -0.4 is 3.32 Å². The van der Waals surface area contributed by atoms with Crippen LogP contribution in [0.1, 0.15) is 66.0 Å². The van der Waals surface area contributed by atoms with E-state index in [9.17, 15) is 0 Å². The molecule has 1 aromatic carbocycles. The molecule has 25 heavy (non-hydrogen) atoms. The zero-order valence-electron chi connectivity index (χ0n) is 16.7. The van der Waals surface area contributed by atoms with E-state index in [-0.39, 0.29) is 30.2 Å². The van der Waals surface area contributed by atoms with Gasteiger partial charge in [-0.05, 0) is 0 Å². The van der Waals surface area contributed by atoms with E-state index < -0.39 is 17.8 Å². The molecular formula is C21H32Cl2OTi. The fourth-order valence-corrected chi connectivity index (χ4v) is 6.18. The van der Waals surface area contributed by atoms with Crippen LogP contribution in [0.25, 0.3) is 0 Å². The number of aryl methyl sites for hydroxylation is 1. The molecule has 0 unspecified atom stereocenters. The molecule has 1 aromatic rings. The second-order valence-corrected chi connectivity index (χ2v) is 11.8. The molecule has 0 saturated carbocycles. The Balaban J connectivity index is 0.00000288. The summed E-state index contributed by atoms with van der Waals surface area (Å²) < 4.78 is 9.68. The number of hydrogen-bond donors (Lipinski definition) is 0. The van der Waals surface area contributed by atoms with Gasteiger partial charge in [0, 0.05) is 0 Å². The van der Waals surface area contributed by atoms with Crippen molar-refractivity contribution in [3.63, 3.8) is 0 Å². The Kier molecular flexibility index (Phi) is 9.43. The summed E-state index contributed by atoms with van der Waals surface area (Å²) in [5.74, 6) is 1.05. The molecule has 0 saturated heterocycles. The fourth-order valence-electron chi connectivity index (χ4n) is 2.89. The Morgan fingerprint density at radius 3 is 2.04 bits per heavy atom. The van der Waals surface area contributed by atoms with Crippen LogP contribution in [-0.2, 0) is 23.2 Å². The first-order valence-electron chi connectivity index (χ1n) is 8.44. The molecule has 0 amide bonds. The maximum Gasteiger partial charge on any atom is -0.147 e. The van der Waals surface area contributed by atoms with E-state index in [2.05, 4.69) is 79.7 Å². The van der Waals surface area contributed by atoms with Crippen LogP contribution in [0, 0.1) is 6.92 Å². The summed E-state index contributed by atoms with van der Waals surface area (Å²) in [4.78, 5) is 0. The van der Waals surface area contributed by atoms with E-state index in [1.807, 2.05) is 0 Å². The minimum absolute atomic E-state index is 0. The smallest absolute Gasteiger partial charge is 0.147 e. The Hall–Kier alpha value is -0.336. The van der Waals surface area contributed by atoms with Gasteiger partial charge in [-0.2, -0.15) is 0 Å². The van der Waals surface area contributed by atoms with Gasteiger partial charge in [0.1, 0.15) is 0 Å². The summed E-state index contributed by atoms with van der Waals surface area (Å²) in [6.07, 6.45) is 3.43. The molecule has 1 aliphatic carbocycles. The normalized spacial score (nSPS) is 13.7. The largest absolute Gasteiger partial charge is 0.147 e. The third-order valence-corrected chi connectivity index (χ3v) is 8.39. The molecule has 4 heteroatoms. The van der Waals surface area contributed by atoms with Crippen molar-refractivity contribution in [3.05, 3.63) is 50.4 Å². The number of allylic oxidation sites excluding steroid dienone is 4. The molecule has 2 rings (SSSR count). The second-order valence-electron chi connectivity index (χ2n) is 7.91. The molecule has 0 N–H and O–H groups in total. The van der Waals surface area contributed by atoms with E-state index in [0.717, 1.165) is 12.2 Å². The molecule has 0 aromatic heterocycles. The first kappa shape index (κ1) is 24.7. The zero-order chi connectivity index (χ0) is 17.4. The molecule has 0 aliphatic heterocycles. The number of halogens is 2. The van der Waals surface area contributed by atoms with Gasteiger partial charge in [0.15, 0.2) is 0 Å². The quantitative estimate of drug-likeness (QED) is 0.485. The Bertz CT molecular complexity index is 718. The first-order chi connectivity index (χ1) is 10.6.